The first kappa shape index (κ1) is 4.60. The molecular formula is C8H16. The second-order valence-electron chi connectivity index (χ2n) is 1.76. The molecule has 0 amide bonds. The molecule has 0 N–H and O–H groups in total. The molecule has 0 saturated carbocycles. The van der Waals surface area contributed by atoms with Gasteiger partial charge in [0.2, 0.25) is 0 Å². The van der Waals surface area contributed by atoms with Crippen molar-refractivity contribution in [2.24, 2.45) is 0 Å². The predicted molar refractivity (Wildman–Crippen MR) is 39.0 cm³/mol. The Bertz CT molecular complexity index is 89.3. The first-order chi connectivity index (χ1) is 4.81. The van der Waals surface area contributed by atoms with Crippen LogP contribution in [0.2, 0.25) is 0 Å². The van der Waals surface area contributed by atoms with Gasteiger partial charge in [-0.25, -0.2) is 0 Å². The molecule has 1 unspecified atom stereocenters. The standard InChI is InChI=1S/C8H16/c1-3-5-7-8-6-4-2/h3,5H,4,6-8H2,1-2H3/i2D,7D. The average molecular weight is 114 g/mol. The van der Waals surface area contributed by atoms with Crippen molar-refractivity contribution in [3.63, 3.8) is 0 Å². The minimum Gasteiger partial charge on any atom is -0.0917 e. The first-order valence-electron chi connectivity index (χ1n) is 4.44. The number of unbranched alkanes of at least 4 members (excludes halogenated alkanes) is 1. The van der Waals surface area contributed by atoms with E-state index in [0.29, 0.717) is 6.90 Å². The van der Waals surface area contributed by atoms with Crippen LogP contribution >= 0.6 is 0 Å². The molecule has 0 saturated heterocycles. The van der Waals surface area contributed by atoms with Crippen LogP contribution in [0.25, 0.3) is 0 Å². The zero-order valence-corrected chi connectivity index (χ0v) is 5.56. The zero-order valence-electron chi connectivity index (χ0n) is 7.56. The number of hydrogen-bond acceptors (Lipinski definition) is 0. The Balaban J connectivity index is 3.13. The lowest BCUT2D eigenvalue weighted by Gasteiger charge is -1.88. The summed E-state index contributed by atoms with van der Waals surface area (Å²) in [5.41, 5.74) is 0. The van der Waals surface area contributed by atoms with Crippen molar-refractivity contribution in [1.82, 2.24) is 0 Å². The molecule has 0 heterocycles. The Morgan fingerprint density at radius 1 is 1.62 bits per heavy atom. The van der Waals surface area contributed by atoms with Gasteiger partial charge in [0.1, 0.15) is 0 Å². The van der Waals surface area contributed by atoms with Gasteiger partial charge >= 0.3 is 0 Å². The zero-order chi connectivity index (χ0) is 7.82. The topological polar surface area (TPSA) is 0 Å². The SMILES string of the molecule is [2H]CCCCC([2H])C=CC. The van der Waals surface area contributed by atoms with Gasteiger partial charge in [0.15, 0.2) is 0 Å². The minimum absolute atomic E-state index is 0.0449. The van der Waals surface area contributed by atoms with Gasteiger partial charge in [-0.2, -0.15) is 0 Å². The van der Waals surface area contributed by atoms with Crippen LogP contribution in [0.4, 0.5) is 0 Å². The van der Waals surface area contributed by atoms with Crippen molar-refractivity contribution in [2.75, 3.05) is 0 Å². The van der Waals surface area contributed by atoms with Crippen LogP contribution in [-0.4, -0.2) is 0 Å². The van der Waals surface area contributed by atoms with Crippen LogP contribution in [0, 0.1) is 0 Å². The molecule has 0 heteroatoms. The normalized spacial score (nSPS) is 18.1. The molecule has 0 aromatic heterocycles. The van der Waals surface area contributed by atoms with Gasteiger partial charge in [0.05, 0.1) is 0 Å². The fraction of sp³-hybridized carbons (Fsp3) is 0.750. The Morgan fingerprint density at radius 3 is 3.12 bits per heavy atom. The minimum atomic E-state index is -0.0449. The van der Waals surface area contributed by atoms with Crippen molar-refractivity contribution in [2.45, 2.75) is 39.5 Å². The lowest BCUT2D eigenvalue weighted by molar-refractivity contribution is 0.729. The summed E-state index contributed by atoms with van der Waals surface area (Å²) in [6.07, 6.45) is 6.62. The van der Waals surface area contributed by atoms with E-state index in [2.05, 4.69) is 0 Å². The van der Waals surface area contributed by atoms with Crippen LogP contribution < -0.4 is 0 Å². The summed E-state index contributed by atoms with van der Waals surface area (Å²) in [5.74, 6) is 0. The molecule has 0 aromatic carbocycles. The summed E-state index contributed by atoms with van der Waals surface area (Å²) in [4.78, 5) is 0. The van der Waals surface area contributed by atoms with E-state index in [-0.39, 0.29) is 6.40 Å². The van der Waals surface area contributed by atoms with Crippen LogP contribution in [0.15, 0.2) is 12.2 Å². The second kappa shape index (κ2) is 6.74. The van der Waals surface area contributed by atoms with E-state index >= 15 is 0 Å². The molecule has 0 aliphatic rings. The third-order valence-corrected chi connectivity index (χ3v) is 0.949. The average Bonchev–Trinajstić information content (AvgIpc) is 1.89. The Hall–Kier alpha value is -0.260. The van der Waals surface area contributed by atoms with Gasteiger partial charge in [-0.1, -0.05) is 31.9 Å². The van der Waals surface area contributed by atoms with Crippen molar-refractivity contribution in [3.05, 3.63) is 12.2 Å². The lowest BCUT2D eigenvalue weighted by atomic mass is 10.2. The molecule has 0 spiro atoms. The van der Waals surface area contributed by atoms with Gasteiger partial charge in [0, 0.05) is 2.74 Å². The van der Waals surface area contributed by atoms with Gasteiger partial charge in [-0.3, -0.25) is 0 Å². The molecule has 0 aromatic rings. The Morgan fingerprint density at radius 2 is 2.50 bits per heavy atom. The maximum absolute atomic E-state index is 7.40. The van der Waals surface area contributed by atoms with E-state index in [9.17, 15) is 0 Å². The highest BCUT2D eigenvalue weighted by Crippen LogP contribution is 1.98. The van der Waals surface area contributed by atoms with Crippen LogP contribution in [0.1, 0.15) is 42.2 Å². The number of hydrogen-bond donors (Lipinski definition) is 0. The van der Waals surface area contributed by atoms with Crippen molar-refractivity contribution >= 4 is 0 Å². The molecule has 8 heavy (non-hydrogen) atoms. The van der Waals surface area contributed by atoms with Gasteiger partial charge < -0.3 is 0 Å². The van der Waals surface area contributed by atoms with E-state index < -0.39 is 0 Å². The van der Waals surface area contributed by atoms with Gasteiger partial charge in [-0.15, -0.1) is 0 Å². The second-order valence-corrected chi connectivity index (χ2v) is 1.76. The summed E-state index contributed by atoms with van der Waals surface area (Å²) in [6.45, 7) is 2.44. The molecule has 0 nitrogen and oxygen atoms in total. The van der Waals surface area contributed by atoms with E-state index in [1.807, 2.05) is 19.1 Å². The molecule has 0 aliphatic carbocycles. The van der Waals surface area contributed by atoms with Crippen LogP contribution in [-0.2, 0) is 0 Å². The summed E-state index contributed by atoms with van der Waals surface area (Å²) in [5, 5.41) is 0. The van der Waals surface area contributed by atoms with Crippen LogP contribution in [0.5, 0.6) is 0 Å². The lowest BCUT2D eigenvalue weighted by Crippen LogP contribution is -1.68. The molecule has 0 aliphatic heterocycles. The third kappa shape index (κ3) is 5.74. The monoisotopic (exact) mass is 114 g/mol. The van der Waals surface area contributed by atoms with E-state index in [4.69, 9.17) is 2.74 Å². The number of rotatable bonds is 4. The van der Waals surface area contributed by atoms with Crippen molar-refractivity contribution in [1.29, 1.82) is 0 Å². The van der Waals surface area contributed by atoms with E-state index in [0.717, 1.165) is 19.3 Å². The summed E-state index contributed by atoms with van der Waals surface area (Å²) in [7, 11) is 0. The Kier molecular flexibility index (Phi) is 3.88. The predicted octanol–water partition coefficient (Wildman–Crippen LogP) is 3.14. The molecular weight excluding hydrogens is 96.1 g/mol. The fourth-order valence-corrected chi connectivity index (χ4v) is 0.494. The largest absolute Gasteiger partial charge is 0.0917 e. The first-order valence-corrected chi connectivity index (χ1v) is 3.15. The number of allylic oxidation sites excluding steroid dienone is 2. The van der Waals surface area contributed by atoms with E-state index in [1.165, 1.54) is 0 Å². The fourth-order valence-electron chi connectivity index (χ4n) is 0.494. The maximum Gasteiger partial charge on any atom is 0.0310 e. The van der Waals surface area contributed by atoms with Gasteiger partial charge in [-0.05, 0) is 19.7 Å². The highest BCUT2D eigenvalue weighted by Gasteiger charge is 1.78. The van der Waals surface area contributed by atoms with Crippen molar-refractivity contribution < 1.29 is 2.74 Å². The van der Waals surface area contributed by atoms with Crippen LogP contribution in [0.3, 0.4) is 0 Å². The third-order valence-electron chi connectivity index (χ3n) is 0.949. The Labute approximate surface area is 55.4 Å². The molecule has 48 valence electrons. The highest BCUT2D eigenvalue weighted by molar-refractivity contribution is 4.75. The van der Waals surface area contributed by atoms with Gasteiger partial charge in [0.25, 0.3) is 0 Å². The molecule has 0 rings (SSSR count). The molecule has 1 atom stereocenters. The highest BCUT2D eigenvalue weighted by atomic mass is 13.8. The quantitative estimate of drug-likeness (QED) is 0.389. The smallest absolute Gasteiger partial charge is 0.0310 e. The summed E-state index contributed by atoms with van der Waals surface area (Å²) < 4.78 is 14.3. The van der Waals surface area contributed by atoms with Crippen molar-refractivity contribution in [3.8, 4) is 0 Å². The summed E-state index contributed by atoms with van der Waals surface area (Å²) >= 11 is 0. The molecule has 0 bridgehead atoms. The molecule has 0 radical (unpaired) electrons. The van der Waals surface area contributed by atoms with E-state index in [1.54, 1.807) is 0 Å². The summed E-state index contributed by atoms with van der Waals surface area (Å²) in [6, 6.07) is 0. The molecule has 0 fully saturated rings. The maximum atomic E-state index is 7.40.